The fraction of sp³-hybridized carbons (Fsp3) is 0.316. The quantitative estimate of drug-likeness (QED) is 0.917. The molecule has 2 aromatic rings. The van der Waals surface area contributed by atoms with Crippen molar-refractivity contribution in [3.05, 3.63) is 59.7 Å². The molecule has 4 nitrogen and oxygen atoms in total. The fourth-order valence-corrected chi connectivity index (χ4v) is 3.04. The molecule has 23 heavy (non-hydrogen) atoms. The molecule has 120 valence electrons. The lowest BCUT2D eigenvalue weighted by Gasteiger charge is -2.25. The monoisotopic (exact) mass is 309 g/mol. The molecule has 1 heterocycles. The van der Waals surface area contributed by atoms with Crippen LogP contribution >= 0.6 is 0 Å². The molecule has 2 N–H and O–H groups in total. The lowest BCUT2D eigenvalue weighted by molar-refractivity contribution is 0.414. The van der Waals surface area contributed by atoms with Gasteiger partial charge < -0.3 is 10.5 Å². The number of nitrogens with two attached hydrogens (primary N) is 1. The number of benzene rings is 2. The minimum atomic E-state index is 0.188. The Kier molecular flexibility index (Phi) is 4.63. The third-order valence-corrected chi connectivity index (χ3v) is 4.25. The molecule has 0 aromatic heterocycles. The number of para-hydroxylation sites is 1. The van der Waals surface area contributed by atoms with Crippen molar-refractivity contribution in [1.82, 2.24) is 0 Å². The van der Waals surface area contributed by atoms with E-state index in [1.165, 1.54) is 11.1 Å². The van der Waals surface area contributed by atoms with E-state index in [9.17, 15) is 0 Å². The Hall–Kier alpha value is -2.33. The van der Waals surface area contributed by atoms with Gasteiger partial charge in [0.1, 0.15) is 5.75 Å². The van der Waals surface area contributed by atoms with Crippen LogP contribution in [0.2, 0.25) is 0 Å². The molecule has 1 aliphatic heterocycles. The second-order valence-corrected chi connectivity index (χ2v) is 5.83. The summed E-state index contributed by atoms with van der Waals surface area (Å²) in [5, 5.41) is 6.99. The van der Waals surface area contributed by atoms with E-state index in [4.69, 9.17) is 15.6 Å². The SMILES string of the molecule is COc1cccc(C2CC(CCN)=NN2c2ccccc2C)c1. The Bertz CT molecular complexity index is 711. The summed E-state index contributed by atoms with van der Waals surface area (Å²) >= 11 is 0. The van der Waals surface area contributed by atoms with Gasteiger partial charge in [-0.3, -0.25) is 5.01 Å². The number of rotatable bonds is 5. The summed E-state index contributed by atoms with van der Waals surface area (Å²) in [6, 6.07) is 16.8. The highest BCUT2D eigenvalue weighted by molar-refractivity contribution is 5.89. The summed E-state index contributed by atoms with van der Waals surface area (Å²) in [7, 11) is 1.70. The molecule has 0 saturated carbocycles. The molecule has 4 heteroatoms. The van der Waals surface area contributed by atoms with Gasteiger partial charge in [-0.15, -0.1) is 0 Å². The van der Waals surface area contributed by atoms with E-state index >= 15 is 0 Å². The number of anilines is 1. The first-order chi connectivity index (χ1) is 11.2. The molecule has 0 fully saturated rings. The molecule has 3 rings (SSSR count). The minimum absolute atomic E-state index is 0.188. The Morgan fingerprint density at radius 1 is 1.22 bits per heavy atom. The fourth-order valence-electron chi connectivity index (χ4n) is 3.04. The number of ether oxygens (including phenoxy) is 1. The molecule has 0 radical (unpaired) electrons. The van der Waals surface area contributed by atoms with Gasteiger partial charge in [0.05, 0.1) is 18.8 Å². The van der Waals surface area contributed by atoms with E-state index in [-0.39, 0.29) is 6.04 Å². The molecular formula is C19H23N3O. The highest BCUT2D eigenvalue weighted by Gasteiger charge is 2.29. The number of hydrogen-bond acceptors (Lipinski definition) is 4. The predicted octanol–water partition coefficient (Wildman–Crippen LogP) is 3.66. The molecule has 0 spiro atoms. The van der Waals surface area contributed by atoms with Crippen molar-refractivity contribution in [2.45, 2.75) is 25.8 Å². The van der Waals surface area contributed by atoms with Gasteiger partial charge in [0.15, 0.2) is 0 Å². The molecule has 2 aromatic carbocycles. The lowest BCUT2D eigenvalue weighted by atomic mass is 9.99. The zero-order valence-electron chi connectivity index (χ0n) is 13.7. The van der Waals surface area contributed by atoms with Crippen LogP contribution in [0.1, 0.15) is 30.0 Å². The Balaban J connectivity index is 1.99. The van der Waals surface area contributed by atoms with E-state index in [0.29, 0.717) is 6.54 Å². The maximum atomic E-state index is 5.73. The van der Waals surface area contributed by atoms with Crippen LogP contribution in [0.15, 0.2) is 53.6 Å². The highest BCUT2D eigenvalue weighted by atomic mass is 16.5. The zero-order chi connectivity index (χ0) is 16.2. The van der Waals surface area contributed by atoms with Crippen molar-refractivity contribution >= 4 is 11.4 Å². The maximum absolute atomic E-state index is 5.73. The van der Waals surface area contributed by atoms with Gasteiger partial charge in [0, 0.05) is 12.1 Å². The van der Waals surface area contributed by atoms with E-state index in [1.54, 1.807) is 7.11 Å². The molecule has 0 saturated heterocycles. The van der Waals surface area contributed by atoms with Gasteiger partial charge in [0.25, 0.3) is 0 Å². The summed E-state index contributed by atoms with van der Waals surface area (Å²) in [5.74, 6) is 0.875. The van der Waals surface area contributed by atoms with Crippen LogP contribution in [0, 0.1) is 6.92 Å². The Morgan fingerprint density at radius 3 is 2.78 bits per heavy atom. The average Bonchev–Trinajstić information content (AvgIpc) is 2.99. The van der Waals surface area contributed by atoms with Crippen LogP contribution in [0.25, 0.3) is 0 Å². The molecule has 1 aliphatic rings. The van der Waals surface area contributed by atoms with E-state index in [0.717, 1.165) is 30.0 Å². The summed E-state index contributed by atoms with van der Waals surface area (Å²) in [6.45, 7) is 2.75. The molecular weight excluding hydrogens is 286 g/mol. The van der Waals surface area contributed by atoms with Gasteiger partial charge in [-0.25, -0.2) is 0 Å². The molecule has 1 atom stereocenters. The standard InChI is InChI=1S/C19H23N3O/c1-14-6-3-4-9-18(14)22-19(13-16(21-22)10-11-20)15-7-5-8-17(12-15)23-2/h3-9,12,19H,10-11,13,20H2,1-2H3. The first kappa shape index (κ1) is 15.6. The topological polar surface area (TPSA) is 50.9 Å². The van der Waals surface area contributed by atoms with Crippen LogP contribution in [0.3, 0.4) is 0 Å². The summed E-state index contributed by atoms with van der Waals surface area (Å²) < 4.78 is 5.38. The smallest absolute Gasteiger partial charge is 0.119 e. The van der Waals surface area contributed by atoms with Crippen LogP contribution in [-0.2, 0) is 0 Å². The van der Waals surface area contributed by atoms with Crippen LogP contribution < -0.4 is 15.5 Å². The molecule has 0 bridgehead atoms. The van der Waals surface area contributed by atoms with E-state index < -0.39 is 0 Å². The third-order valence-electron chi connectivity index (χ3n) is 4.25. The number of methoxy groups -OCH3 is 1. The van der Waals surface area contributed by atoms with Crippen molar-refractivity contribution < 1.29 is 4.74 Å². The minimum Gasteiger partial charge on any atom is -0.497 e. The highest BCUT2D eigenvalue weighted by Crippen LogP contribution is 2.38. The van der Waals surface area contributed by atoms with Crippen LogP contribution in [-0.4, -0.2) is 19.4 Å². The van der Waals surface area contributed by atoms with Crippen LogP contribution in [0.5, 0.6) is 5.75 Å². The Morgan fingerprint density at radius 2 is 2.04 bits per heavy atom. The Labute approximate surface area is 137 Å². The van der Waals surface area contributed by atoms with E-state index in [2.05, 4.69) is 48.3 Å². The summed E-state index contributed by atoms with van der Waals surface area (Å²) in [6.07, 6.45) is 1.74. The van der Waals surface area contributed by atoms with Gasteiger partial charge in [-0.05, 0) is 49.2 Å². The van der Waals surface area contributed by atoms with Gasteiger partial charge in [-0.2, -0.15) is 5.10 Å². The average molecular weight is 309 g/mol. The summed E-state index contributed by atoms with van der Waals surface area (Å²) in [5.41, 5.74) is 10.5. The number of hydrogen-bond donors (Lipinski definition) is 1. The number of hydrazone groups is 1. The van der Waals surface area contributed by atoms with E-state index in [1.807, 2.05) is 12.1 Å². The van der Waals surface area contributed by atoms with Gasteiger partial charge >= 0.3 is 0 Å². The second-order valence-electron chi connectivity index (χ2n) is 5.83. The van der Waals surface area contributed by atoms with Crippen molar-refractivity contribution in [2.24, 2.45) is 10.8 Å². The normalized spacial score (nSPS) is 17.3. The van der Waals surface area contributed by atoms with Crippen LogP contribution in [0.4, 0.5) is 5.69 Å². The van der Waals surface area contributed by atoms with Crippen molar-refractivity contribution in [3.63, 3.8) is 0 Å². The molecule has 0 aliphatic carbocycles. The summed E-state index contributed by atoms with van der Waals surface area (Å²) in [4.78, 5) is 0. The largest absolute Gasteiger partial charge is 0.497 e. The maximum Gasteiger partial charge on any atom is 0.119 e. The number of nitrogens with zero attached hydrogens (tertiary/aromatic N) is 2. The zero-order valence-corrected chi connectivity index (χ0v) is 13.7. The van der Waals surface area contributed by atoms with Gasteiger partial charge in [-0.1, -0.05) is 30.3 Å². The first-order valence-electron chi connectivity index (χ1n) is 7.98. The number of aryl methyl sites for hydroxylation is 1. The first-order valence-corrected chi connectivity index (χ1v) is 7.98. The molecule has 1 unspecified atom stereocenters. The van der Waals surface area contributed by atoms with Gasteiger partial charge in [0.2, 0.25) is 0 Å². The third kappa shape index (κ3) is 3.22. The van der Waals surface area contributed by atoms with Crippen molar-refractivity contribution in [3.8, 4) is 5.75 Å². The van der Waals surface area contributed by atoms with Crippen molar-refractivity contribution in [1.29, 1.82) is 0 Å². The molecule has 0 amide bonds. The predicted molar refractivity (Wildman–Crippen MR) is 95.1 cm³/mol. The van der Waals surface area contributed by atoms with Crippen molar-refractivity contribution in [2.75, 3.05) is 18.7 Å². The second kappa shape index (κ2) is 6.84. The lowest BCUT2D eigenvalue weighted by Crippen LogP contribution is -2.19.